The highest BCUT2D eigenvalue weighted by molar-refractivity contribution is 7.92. The second kappa shape index (κ2) is 4.58. The van der Waals surface area contributed by atoms with E-state index in [1.54, 1.807) is 26.2 Å². The van der Waals surface area contributed by atoms with Gasteiger partial charge in [0, 0.05) is 30.1 Å². The highest BCUT2D eigenvalue weighted by atomic mass is 32.2. The van der Waals surface area contributed by atoms with Crippen molar-refractivity contribution >= 4 is 20.6 Å². The zero-order chi connectivity index (χ0) is 14.3. The fourth-order valence-corrected chi connectivity index (χ4v) is 2.61. The van der Waals surface area contributed by atoms with E-state index in [2.05, 4.69) is 4.98 Å². The maximum atomic E-state index is 11.9. The third kappa shape index (κ3) is 2.35. The normalized spacial score (nSPS) is 14.5. The third-order valence-electron chi connectivity index (χ3n) is 3.75. The predicted octanol–water partition coefficient (Wildman–Crippen LogP) is 2.06. The van der Waals surface area contributed by atoms with Crippen molar-refractivity contribution in [1.82, 2.24) is 4.98 Å². The zero-order valence-electron chi connectivity index (χ0n) is 11.3. The van der Waals surface area contributed by atoms with Gasteiger partial charge in [0.15, 0.2) is 9.84 Å². The highest BCUT2D eigenvalue weighted by Gasteiger charge is 2.38. The van der Waals surface area contributed by atoms with E-state index in [0.29, 0.717) is 0 Å². The van der Waals surface area contributed by atoms with Gasteiger partial charge in [0.05, 0.1) is 4.75 Å². The van der Waals surface area contributed by atoms with Gasteiger partial charge in [0.2, 0.25) is 0 Å². The van der Waals surface area contributed by atoms with Gasteiger partial charge in [-0.15, -0.1) is 0 Å². The van der Waals surface area contributed by atoms with Gasteiger partial charge >= 0.3 is 0 Å². The lowest BCUT2D eigenvalue weighted by molar-refractivity contribution is 0.498. The lowest BCUT2D eigenvalue weighted by atomic mass is 9.92. The van der Waals surface area contributed by atoms with Crippen LogP contribution in [0, 0.1) is 0 Å². The zero-order valence-corrected chi connectivity index (χ0v) is 12.1. The Balaban J connectivity index is 2.63. The van der Waals surface area contributed by atoms with E-state index in [0.717, 1.165) is 16.3 Å². The molecule has 0 amide bonds. The molecule has 2 rings (SSSR count). The molecular weight excluding hydrogens is 260 g/mol. The van der Waals surface area contributed by atoms with E-state index in [1.165, 1.54) is 6.26 Å². The Labute approximate surface area is 113 Å². The number of nitrogens with two attached hydrogens (primary N) is 1. The molecule has 19 heavy (non-hydrogen) atoms. The quantitative estimate of drug-likeness (QED) is 0.932. The molecule has 1 atom stereocenters. The number of hydrogen-bond acceptors (Lipinski definition) is 4. The fourth-order valence-electron chi connectivity index (χ4n) is 2.02. The fraction of sp³-hybridized carbons (Fsp3) is 0.357. The van der Waals surface area contributed by atoms with Gasteiger partial charge in [-0.1, -0.05) is 18.2 Å². The molecule has 5 heteroatoms. The summed E-state index contributed by atoms with van der Waals surface area (Å²) in [7, 11) is -3.26. The SMILES string of the molecule is CC(C)(C(N)c1cccc2cnccc12)S(C)(=O)=O. The molecule has 0 fully saturated rings. The minimum atomic E-state index is -3.26. The first kappa shape index (κ1) is 14.0. The summed E-state index contributed by atoms with van der Waals surface area (Å²) in [6, 6.07) is 6.96. The van der Waals surface area contributed by atoms with Crippen LogP contribution < -0.4 is 5.73 Å². The number of nitrogens with zero attached hydrogens (tertiary/aromatic N) is 1. The first-order chi connectivity index (χ1) is 8.75. The molecule has 0 aliphatic carbocycles. The van der Waals surface area contributed by atoms with Crippen LogP contribution in [-0.2, 0) is 9.84 Å². The first-order valence-corrected chi connectivity index (χ1v) is 7.92. The van der Waals surface area contributed by atoms with Crippen molar-refractivity contribution in [1.29, 1.82) is 0 Å². The topological polar surface area (TPSA) is 73.0 Å². The van der Waals surface area contributed by atoms with Gasteiger partial charge in [-0.3, -0.25) is 4.98 Å². The molecular formula is C14H18N2O2S. The van der Waals surface area contributed by atoms with Crippen LogP contribution in [0.3, 0.4) is 0 Å². The number of rotatable bonds is 3. The molecule has 0 aliphatic rings. The average molecular weight is 278 g/mol. The van der Waals surface area contributed by atoms with Crippen LogP contribution in [0.1, 0.15) is 25.5 Å². The number of sulfone groups is 1. The van der Waals surface area contributed by atoms with Crippen LogP contribution in [0.4, 0.5) is 0 Å². The molecule has 102 valence electrons. The highest BCUT2D eigenvalue weighted by Crippen LogP contribution is 2.33. The molecule has 1 aromatic heterocycles. The third-order valence-corrected chi connectivity index (χ3v) is 5.92. The predicted molar refractivity (Wildman–Crippen MR) is 77.6 cm³/mol. The van der Waals surface area contributed by atoms with E-state index in [4.69, 9.17) is 5.73 Å². The van der Waals surface area contributed by atoms with Crippen molar-refractivity contribution in [3.05, 3.63) is 42.2 Å². The van der Waals surface area contributed by atoms with Crippen LogP contribution in [0.5, 0.6) is 0 Å². The maximum Gasteiger partial charge on any atom is 0.154 e. The van der Waals surface area contributed by atoms with Crippen molar-refractivity contribution in [3.63, 3.8) is 0 Å². The van der Waals surface area contributed by atoms with Crippen molar-refractivity contribution in [2.45, 2.75) is 24.6 Å². The lowest BCUT2D eigenvalue weighted by Gasteiger charge is -2.30. The standard InChI is InChI=1S/C14H18N2O2S/c1-14(2,19(3,17)18)13(15)12-6-4-5-10-9-16-8-7-11(10)12/h4-9,13H,15H2,1-3H3. The van der Waals surface area contributed by atoms with Gasteiger partial charge in [-0.05, 0) is 30.9 Å². The Morgan fingerprint density at radius 3 is 2.58 bits per heavy atom. The van der Waals surface area contributed by atoms with Crippen molar-refractivity contribution in [2.24, 2.45) is 5.73 Å². The van der Waals surface area contributed by atoms with Gasteiger partial charge in [-0.2, -0.15) is 0 Å². The monoisotopic (exact) mass is 278 g/mol. The summed E-state index contributed by atoms with van der Waals surface area (Å²) in [6.07, 6.45) is 4.66. The second-order valence-electron chi connectivity index (χ2n) is 5.30. The van der Waals surface area contributed by atoms with E-state index >= 15 is 0 Å². The Morgan fingerprint density at radius 2 is 1.95 bits per heavy atom. The largest absolute Gasteiger partial charge is 0.323 e. The minimum absolute atomic E-state index is 0.589. The summed E-state index contributed by atoms with van der Waals surface area (Å²) >= 11 is 0. The summed E-state index contributed by atoms with van der Waals surface area (Å²) < 4.78 is 22.8. The van der Waals surface area contributed by atoms with E-state index in [9.17, 15) is 8.42 Å². The second-order valence-corrected chi connectivity index (χ2v) is 7.89. The molecule has 2 N–H and O–H groups in total. The minimum Gasteiger partial charge on any atom is -0.323 e. The summed E-state index contributed by atoms with van der Waals surface area (Å²) in [5.74, 6) is 0. The smallest absolute Gasteiger partial charge is 0.154 e. The molecule has 0 spiro atoms. The van der Waals surface area contributed by atoms with Crippen LogP contribution in [-0.4, -0.2) is 24.4 Å². The Kier molecular flexibility index (Phi) is 3.36. The van der Waals surface area contributed by atoms with Crippen LogP contribution >= 0.6 is 0 Å². The molecule has 0 radical (unpaired) electrons. The summed E-state index contributed by atoms with van der Waals surface area (Å²) in [5, 5.41) is 1.90. The molecule has 4 nitrogen and oxygen atoms in total. The molecule has 1 aromatic carbocycles. The Morgan fingerprint density at radius 1 is 1.26 bits per heavy atom. The summed E-state index contributed by atoms with van der Waals surface area (Å²) in [6.45, 7) is 3.32. The lowest BCUT2D eigenvalue weighted by Crippen LogP contribution is -2.42. The van der Waals surface area contributed by atoms with Crippen molar-refractivity contribution < 1.29 is 8.42 Å². The number of aromatic nitrogens is 1. The van der Waals surface area contributed by atoms with Gasteiger partial charge in [0.1, 0.15) is 0 Å². The molecule has 0 saturated heterocycles. The number of benzene rings is 1. The van der Waals surface area contributed by atoms with Crippen LogP contribution in [0.15, 0.2) is 36.7 Å². The number of hydrogen-bond donors (Lipinski definition) is 1. The van der Waals surface area contributed by atoms with Crippen LogP contribution in [0.2, 0.25) is 0 Å². The molecule has 0 bridgehead atoms. The molecule has 0 saturated carbocycles. The molecule has 2 aromatic rings. The van der Waals surface area contributed by atoms with E-state index in [-0.39, 0.29) is 0 Å². The van der Waals surface area contributed by atoms with Crippen LogP contribution in [0.25, 0.3) is 10.8 Å². The Hall–Kier alpha value is -1.46. The number of fused-ring (bicyclic) bond motifs is 1. The van der Waals surface area contributed by atoms with Gasteiger partial charge < -0.3 is 5.73 Å². The van der Waals surface area contributed by atoms with Gasteiger partial charge in [0.25, 0.3) is 0 Å². The molecule has 1 unspecified atom stereocenters. The average Bonchev–Trinajstić information content (AvgIpc) is 2.36. The van der Waals surface area contributed by atoms with Crippen molar-refractivity contribution in [2.75, 3.05) is 6.26 Å². The van der Waals surface area contributed by atoms with E-state index < -0.39 is 20.6 Å². The van der Waals surface area contributed by atoms with Gasteiger partial charge in [-0.25, -0.2) is 8.42 Å². The van der Waals surface area contributed by atoms with E-state index in [1.807, 2.05) is 24.3 Å². The maximum absolute atomic E-state index is 11.9. The molecule has 0 aliphatic heterocycles. The van der Waals surface area contributed by atoms with Crippen molar-refractivity contribution in [3.8, 4) is 0 Å². The Bertz CT molecular complexity index is 703. The first-order valence-electron chi connectivity index (χ1n) is 6.03. The number of pyridine rings is 1. The molecule has 1 heterocycles. The summed E-state index contributed by atoms with van der Waals surface area (Å²) in [4.78, 5) is 4.07. The summed E-state index contributed by atoms with van der Waals surface area (Å²) in [5.41, 5.74) is 7.05.